The highest BCUT2D eigenvalue weighted by molar-refractivity contribution is 6.32. The standard InChI is InChI=1S/C29H34ClN7O3/c1-3-28(38)34-26-16-20(37-14-12-36(2)13-15-37)6-8-25(26)33-27-18-22(10-11-31-27)40-21-7-9-24(23(30)17-21)35-29(39)32-19-4-5-19/h3,6,8-11,16-19,21H,1,4-5,7,12-15H2,2H3,(H,31,33)(H,34,38)(H2,32,35,39). The molecule has 0 radical (unpaired) electrons. The van der Waals surface area contributed by atoms with E-state index in [2.05, 4.69) is 49.7 Å². The van der Waals surface area contributed by atoms with Crippen molar-refractivity contribution in [2.45, 2.75) is 31.4 Å². The van der Waals surface area contributed by atoms with E-state index in [4.69, 9.17) is 16.3 Å². The summed E-state index contributed by atoms with van der Waals surface area (Å²) in [5.74, 6) is 0.862. The van der Waals surface area contributed by atoms with Gasteiger partial charge in [-0.3, -0.25) is 4.79 Å². The molecule has 4 N–H and O–H groups in total. The Balaban J connectivity index is 1.25. The summed E-state index contributed by atoms with van der Waals surface area (Å²) in [5, 5.41) is 12.3. The SMILES string of the molecule is C=CC(=O)Nc1cc(N2CCN(C)CC2)ccc1Nc1cc(OC2C=C(Cl)C(NC(=O)NC3CC3)=CC2)ccn1. The van der Waals surface area contributed by atoms with Gasteiger partial charge in [-0.05, 0) is 56.3 Å². The van der Waals surface area contributed by atoms with Gasteiger partial charge in [0.25, 0.3) is 0 Å². The largest absolute Gasteiger partial charge is 0.486 e. The number of rotatable bonds is 9. The van der Waals surface area contributed by atoms with E-state index in [1.165, 1.54) is 6.08 Å². The summed E-state index contributed by atoms with van der Waals surface area (Å²) in [6, 6.07) is 9.51. The van der Waals surface area contributed by atoms with Crippen molar-refractivity contribution < 1.29 is 14.3 Å². The second-order valence-corrected chi connectivity index (χ2v) is 10.5. The van der Waals surface area contributed by atoms with Gasteiger partial charge in [-0.1, -0.05) is 24.3 Å². The third kappa shape index (κ3) is 7.34. The minimum absolute atomic E-state index is 0.246. The molecule has 40 heavy (non-hydrogen) atoms. The van der Waals surface area contributed by atoms with Crippen molar-refractivity contribution >= 4 is 46.4 Å². The first-order valence-electron chi connectivity index (χ1n) is 13.4. The Kier molecular flexibility index (Phi) is 8.57. The molecular weight excluding hydrogens is 530 g/mol. The van der Waals surface area contributed by atoms with Gasteiger partial charge in [0.1, 0.15) is 17.7 Å². The lowest BCUT2D eigenvalue weighted by Gasteiger charge is -2.34. The van der Waals surface area contributed by atoms with Crippen LogP contribution in [-0.2, 0) is 4.79 Å². The first-order valence-corrected chi connectivity index (χ1v) is 13.8. The molecule has 10 nitrogen and oxygen atoms in total. The maximum atomic E-state index is 12.2. The van der Waals surface area contributed by atoms with Crippen molar-refractivity contribution in [3.05, 3.63) is 72.1 Å². The van der Waals surface area contributed by atoms with Gasteiger partial charge in [0, 0.05) is 56.6 Å². The van der Waals surface area contributed by atoms with Crippen LogP contribution in [0.3, 0.4) is 0 Å². The normalized spacial score (nSPS) is 19.1. The van der Waals surface area contributed by atoms with Crippen molar-refractivity contribution in [3.8, 4) is 5.75 Å². The molecule has 1 aromatic carbocycles. The number of hydrogen-bond acceptors (Lipinski definition) is 7. The summed E-state index contributed by atoms with van der Waals surface area (Å²) in [5.41, 5.74) is 2.94. The fourth-order valence-electron chi connectivity index (χ4n) is 4.47. The fraction of sp³-hybridized carbons (Fsp3) is 0.345. The van der Waals surface area contributed by atoms with Gasteiger partial charge in [0.05, 0.1) is 22.1 Å². The number of allylic oxidation sites excluding steroid dienone is 1. The second-order valence-electron chi connectivity index (χ2n) is 10.1. The summed E-state index contributed by atoms with van der Waals surface area (Å²) in [7, 11) is 2.12. The number of nitrogens with one attached hydrogen (secondary N) is 4. The topological polar surface area (TPSA) is 111 Å². The number of carbonyl (C=O) groups is 2. The fourth-order valence-corrected chi connectivity index (χ4v) is 4.74. The third-order valence-corrected chi connectivity index (χ3v) is 7.23. The summed E-state index contributed by atoms with van der Waals surface area (Å²) in [6.45, 7) is 7.37. The number of ether oxygens (including phenoxy) is 1. The van der Waals surface area contributed by atoms with E-state index in [1.807, 2.05) is 24.3 Å². The van der Waals surface area contributed by atoms with Crippen LogP contribution in [0.1, 0.15) is 19.3 Å². The molecule has 2 fully saturated rings. The Hall–Kier alpha value is -4.02. The van der Waals surface area contributed by atoms with E-state index in [1.54, 1.807) is 24.4 Å². The Labute approximate surface area is 239 Å². The van der Waals surface area contributed by atoms with E-state index < -0.39 is 0 Å². The van der Waals surface area contributed by atoms with Gasteiger partial charge in [-0.25, -0.2) is 9.78 Å². The molecule has 3 amide bonds. The zero-order valence-electron chi connectivity index (χ0n) is 22.5. The molecule has 3 aliphatic rings. The van der Waals surface area contributed by atoms with Crippen molar-refractivity contribution in [2.24, 2.45) is 0 Å². The number of anilines is 4. The van der Waals surface area contributed by atoms with Gasteiger partial charge in [-0.2, -0.15) is 0 Å². The highest BCUT2D eigenvalue weighted by Gasteiger charge is 2.25. The lowest BCUT2D eigenvalue weighted by Crippen LogP contribution is -2.44. The average Bonchev–Trinajstić information content (AvgIpc) is 3.76. The number of amides is 3. The predicted octanol–water partition coefficient (Wildman–Crippen LogP) is 4.32. The number of nitrogens with zero attached hydrogens (tertiary/aromatic N) is 3. The van der Waals surface area contributed by atoms with Crippen LogP contribution in [0.25, 0.3) is 0 Å². The number of carbonyl (C=O) groups excluding carboxylic acids is 2. The Bertz CT molecular complexity index is 1330. The number of benzene rings is 1. The molecule has 5 rings (SSSR count). The first kappa shape index (κ1) is 27.5. The minimum Gasteiger partial charge on any atom is -0.486 e. The molecular formula is C29H34ClN7O3. The predicted molar refractivity (Wildman–Crippen MR) is 158 cm³/mol. The first-order chi connectivity index (χ1) is 19.4. The average molecular weight is 564 g/mol. The molecule has 1 aromatic heterocycles. The highest BCUT2D eigenvalue weighted by Crippen LogP contribution is 2.32. The second kappa shape index (κ2) is 12.4. The number of urea groups is 1. The zero-order valence-corrected chi connectivity index (χ0v) is 23.2. The quantitative estimate of drug-likeness (QED) is 0.336. The molecule has 0 bridgehead atoms. The Morgan fingerprint density at radius 3 is 2.62 bits per heavy atom. The number of aromatic nitrogens is 1. The lowest BCUT2D eigenvalue weighted by molar-refractivity contribution is -0.111. The smallest absolute Gasteiger partial charge is 0.319 e. The van der Waals surface area contributed by atoms with E-state index in [9.17, 15) is 9.59 Å². The molecule has 1 atom stereocenters. The zero-order chi connectivity index (χ0) is 28.1. The van der Waals surface area contributed by atoms with Crippen LogP contribution in [0, 0.1) is 0 Å². The summed E-state index contributed by atoms with van der Waals surface area (Å²) >= 11 is 6.42. The van der Waals surface area contributed by atoms with Gasteiger partial charge in [0.15, 0.2) is 0 Å². The van der Waals surface area contributed by atoms with E-state index in [-0.39, 0.29) is 24.1 Å². The van der Waals surface area contributed by atoms with Crippen LogP contribution >= 0.6 is 11.6 Å². The minimum atomic E-state index is -0.301. The number of likely N-dealkylation sites (N-methyl/N-ethyl adjacent to an activating group) is 1. The van der Waals surface area contributed by atoms with Crippen LogP contribution in [0.4, 0.5) is 27.7 Å². The van der Waals surface area contributed by atoms with Crippen molar-refractivity contribution in [1.82, 2.24) is 20.5 Å². The third-order valence-electron chi connectivity index (χ3n) is 6.90. The summed E-state index contributed by atoms with van der Waals surface area (Å²) in [4.78, 5) is 33.3. The Morgan fingerprint density at radius 2 is 1.90 bits per heavy atom. The van der Waals surface area contributed by atoms with Gasteiger partial charge in [-0.15, -0.1) is 0 Å². The van der Waals surface area contributed by atoms with Crippen molar-refractivity contribution in [1.29, 1.82) is 0 Å². The molecule has 1 saturated carbocycles. The number of piperazine rings is 1. The van der Waals surface area contributed by atoms with Crippen LogP contribution < -0.4 is 30.9 Å². The van der Waals surface area contributed by atoms with Crippen LogP contribution in [0.2, 0.25) is 0 Å². The van der Waals surface area contributed by atoms with Crippen molar-refractivity contribution in [2.75, 3.05) is 48.8 Å². The van der Waals surface area contributed by atoms with Crippen LogP contribution in [-0.4, -0.2) is 67.2 Å². The van der Waals surface area contributed by atoms with E-state index in [0.29, 0.717) is 40.1 Å². The lowest BCUT2D eigenvalue weighted by atomic mass is 10.1. The summed E-state index contributed by atoms with van der Waals surface area (Å²) < 4.78 is 6.14. The molecule has 1 saturated heterocycles. The molecule has 210 valence electrons. The van der Waals surface area contributed by atoms with Gasteiger partial charge < -0.3 is 35.8 Å². The highest BCUT2D eigenvalue weighted by atomic mass is 35.5. The van der Waals surface area contributed by atoms with Gasteiger partial charge >= 0.3 is 6.03 Å². The number of pyridine rings is 1. The number of halogens is 1. The molecule has 2 aliphatic carbocycles. The Morgan fingerprint density at radius 1 is 1.10 bits per heavy atom. The van der Waals surface area contributed by atoms with Crippen molar-refractivity contribution in [3.63, 3.8) is 0 Å². The molecule has 2 aromatic rings. The van der Waals surface area contributed by atoms with Crippen LogP contribution in [0.5, 0.6) is 5.75 Å². The van der Waals surface area contributed by atoms with E-state index in [0.717, 1.165) is 44.7 Å². The molecule has 11 heteroatoms. The van der Waals surface area contributed by atoms with Gasteiger partial charge in [0.2, 0.25) is 5.91 Å². The number of hydrogen-bond donors (Lipinski definition) is 4. The van der Waals surface area contributed by atoms with E-state index >= 15 is 0 Å². The maximum absolute atomic E-state index is 12.2. The van der Waals surface area contributed by atoms with Crippen LogP contribution in [0.15, 0.2) is 72.1 Å². The monoisotopic (exact) mass is 563 g/mol. The molecule has 1 aliphatic heterocycles. The molecule has 1 unspecified atom stereocenters. The molecule has 0 spiro atoms. The molecule has 2 heterocycles. The maximum Gasteiger partial charge on any atom is 0.319 e. The summed E-state index contributed by atoms with van der Waals surface area (Å²) in [6.07, 6.45) is 8.81.